The lowest BCUT2D eigenvalue weighted by Crippen LogP contribution is -1.84. The first-order chi connectivity index (χ1) is 6.24. The minimum Gasteiger partial charge on any atom is -0.144 e. The van der Waals surface area contributed by atoms with Crippen molar-refractivity contribution in [2.45, 2.75) is 11.8 Å². The van der Waals surface area contributed by atoms with Crippen molar-refractivity contribution in [3.8, 4) is 0 Å². The summed E-state index contributed by atoms with van der Waals surface area (Å²) in [6.45, 7) is 2.21. The van der Waals surface area contributed by atoms with Gasteiger partial charge in [0.15, 0.2) is 0 Å². The molecule has 2 aromatic rings. The van der Waals surface area contributed by atoms with E-state index in [-0.39, 0.29) is 0 Å². The standard InChI is InChI=1S/C10H9IS2/c1-6-7-3-4-13-9(7)5-8(11)10(6)12-2/h3-5H,1-2H3. The molecule has 1 heterocycles. The number of hydrogen-bond acceptors (Lipinski definition) is 2. The lowest BCUT2D eigenvalue weighted by molar-refractivity contribution is 1.32. The van der Waals surface area contributed by atoms with E-state index < -0.39 is 0 Å². The van der Waals surface area contributed by atoms with Gasteiger partial charge in [-0.15, -0.1) is 23.1 Å². The number of rotatable bonds is 1. The van der Waals surface area contributed by atoms with Crippen molar-refractivity contribution in [2.24, 2.45) is 0 Å². The van der Waals surface area contributed by atoms with Gasteiger partial charge in [-0.2, -0.15) is 0 Å². The van der Waals surface area contributed by atoms with Gasteiger partial charge in [-0.05, 0) is 64.2 Å². The third kappa shape index (κ3) is 1.62. The minimum absolute atomic E-state index is 1.37. The quantitative estimate of drug-likeness (QED) is 0.549. The molecule has 0 atom stereocenters. The fourth-order valence-electron chi connectivity index (χ4n) is 1.48. The van der Waals surface area contributed by atoms with Crippen LogP contribution >= 0.6 is 45.7 Å². The van der Waals surface area contributed by atoms with Crippen LogP contribution in [0.4, 0.5) is 0 Å². The van der Waals surface area contributed by atoms with Gasteiger partial charge in [0.1, 0.15) is 0 Å². The maximum absolute atomic E-state index is 2.42. The molecule has 0 saturated carbocycles. The third-order valence-corrected chi connectivity index (χ3v) is 5.13. The van der Waals surface area contributed by atoms with Crippen LogP contribution in [0.25, 0.3) is 10.1 Å². The molecule has 13 heavy (non-hydrogen) atoms. The van der Waals surface area contributed by atoms with Gasteiger partial charge in [0, 0.05) is 13.2 Å². The first-order valence-corrected chi connectivity index (χ1v) is 7.12. The molecule has 0 saturated heterocycles. The lowest BCUT2D eigenvalue weighted by atomic mass is 10.1. The molecule has 0 aliphatic carbocycles. The molecule has 2 rings (SSSR count). The molecule has 0 unspecified atom stereocenters. The number of hydrogen-bond donors (Lipinski definition) is 0. The molecule has 68 valence electrons. The van der Waals surface area contributed by atoms with Gasteiger partial charge in [-0.3, -0.25) is 0 Å². The highest BCUT2D eigenvalue weighted by Gasteiger charge is 2.07. The van der Waals surface area contributed by atoms with E-state index in [0.717, 1.165) is 0 Å². The fraction of sp³-hybridized carbons (Fsp3) is 0.200. The van der Waals surface area contributed by atoms with Gasteiger partial charge in [-0.1, -0.05) is 0 Å². The van der Waals surface area contributed by atoms with Crippen molar-refractivity contribution in [2.75, 3.05) is 6.26 Å². The molecule has 1 aromatic heterocycles. The highest BCUT2D eigenvalue weighted by molar-refractivity contribution is 14.1. The van der Waals surface area contributed by atoms with E-state index >= 15 is 0 Å². The maximum atomic E-state index is 2.42. The summed E-state index contributed by atoms with van der Waals surface area (Å²) in [7, 11) is 0. The Morgan fingerprint density at radius 2 is 2.23 bits per heavy atom. The first-order valence-electron chi connectivity index (χ1n) is 3.94. The van der Waals surface area contributed by atoms with E-state index in [1.165, 1.54) is 24.1 Å². The van der Waals surface area contributed by atoms with Crippen LogP contribution in [0.1, 0.15) is 5.56 Å². The van der Waals surface area contributed by atoms with Crippen LogP contribution in [-0.4, -0.2) is 6.26 Å². The second-order valence-corrected chi connectivity index (χ2v) is 5.78. The summed E-state index contributed by atoms with van der Waals surface area (Å²) >= 11 is 6.08. The van der Waals surface area contributed by atoms with Crippen molar-refractivity contribution in [3.63, 3.8) is 0 Å². The summed E-state index contributed by atoms with van der Waals surface area (Å²) in [5, 5.41) is 3.58. The van der Waals surface area contributed by atoms with E-state index in [1.54, 1.807) is 0 Å². The van der Waals surface area contributed by atoms with Gasteiger partial charge in [0.05, 0.1) is 0 Å². The minimum atomic E-state index is 1.37. The van der Waals surface area contributed by atoms with Crippen LogP contribution in [0, 0.1) is 10.5 Å². The Labute approximate surface area is 99.9 Å². The zero-order valence-electron chi connectivity index (χ0n) is 7.43. The summed E-state index contributed by atoms with van der Waals surface area (Å²) in [6, 6.07) is 4.49. The van der Waals surface area contributed by atoms with Crippen molar-refractivity contribution in [1.82, 2.24) is 0 Å². The Morgan fingerprint density at radius 1 is 1.46 bits per heavy atom. The van der Waals surface area contributed by atoms with Gasteiger partial charge >= 0.3 is 0 Å². The van der Waals surface area contributed by atoms with Gasteiger partial charge in [-0.25, -0.2) is 0 Å². The number of halogens is 1. The largest absolute Gasteiger partial charge is 0.144 e. The second kappa shape index (κ2) is 3.79. The summed E-state index contributed by atoms with van der Waals surface area (Å²) < 4.78 is 2.78. The number of thioether (sulfide) groups is 1. The molecule has 0 N–H and O–H groups in total. The topological polar surface area (TPSA) is 0 Å². The highest BCUT2D eigenvalue weighted by Crippen LogP contribution is 2.34. The number of thiophene rings is 1. The van der Waals surface area contributed by atoms with Crippen molar-refractivity contribution < 1.29 is 0 Å². The fourth-order valence-corrected chi connectivity index (χ4v) is 4.62. The molecule has 0 bridgehead atoms. The molecule has 0 nitrogen and oxygen atoms in total. The first kappa shape index (κ1) is 9.80. The molecular weight excluding hydrogens is 311 g/mol. The van der Waals surface area contributed by atoms with E-state index in [1.807, 2.05) is 23.1 Å². The molecule has 0 spiro atoms. The molecule has 3 heteroatoms. The highest BCUT2D eigenvalue weighted by atomic mass is 127. The van der Waals surface area contributed by atoms with Gasteiger partial charge < -0.3 is 0 Å². The normalized spacial score (nSPS) is 11.0. The smallest absolute Gasteiger partial charge is 0.0356 e. The van der Waals surface area contributed by atoms with Crippen LogP contribution in [0.5, 0.6) is 0 Å². The van der Waals surface area contributed by atoms with E-state index in [4.69, 9.17) is 0 Å². The summed E-state index contributed by atoms with van der Waals surface area (Å²) in [5.74, 6) is 0. The summed E-state index contributed by atoms with van der Waals surface area (Å²) in [6.07, 6.45) is 2.14. The molecule has 0 aliphatic heterocycles. The van der Waals surface area contributed by atoms with Crippen LogP contribution < -0.4 is 0 Å². The number of benzene rings is 1. The summed E-state index contributed by atoms with van der Waals surface area (Å²) in [4.78, 5) is 1.42. The maximum Gasteiger partial charge on any atom is 0.0356 e. The molecule has 0 fully saturated rings. The predicted molar refractivity (Wildman–Crippen MR) is 71.1 cm³/mol. The Bertz CT molecular complexity index is 445. The zero-order valence-corrected chi connectivity index (χ0v) is 11.2. The zero-order chi connectivity index (χ0) is 9.42. The monoisotopic (exact) mass is 320 g/mol. The van der Waals surface area contributed by atoms with Gasteiger partial charge in [0.2, 0.25) is 0 Å². The second-order valence-electron chi connectivity index (χ2n) is 2.85. The Kier molecular flexibility index (Phi) is 2.86. The average molecular weight is 320 g/mol. The van der Waals surface area contributed by atoms with E-state index in [2.05, 4.69) is 53.3 Å². The summed E-state index contributed by atoms with van der Waals surface area (Å²) in [5.41, 5.74) is 1.43. The molecule has 1 aromatic carbocycles. The molecule has 0 aliphatic rings. The molecule has 0 radical (unpaired) electrons. The molecular formula is C10H9IS2. The van der Waals surface area contributed by atoms with Crippen LogP contribution in [0.2, 0.25) is 0 Å². The van der Waals surface area contributed by atoms with Crippen LogP contribution in [0.3, 0.4) is 0 Å². The van der Waals surface area contributed by atoms with Crippen molar-refractivity contribution in [1.29, 1.82) is 0 Å². The van der Waals surface area contributed by atoms with Crippen LogP contribution in [0.15, 0.2) is 22.4 Å². The number of fused-ring (bicyclic) bond motifs is 1. The lowest BCUT2D eigenvalue weighted by Gasteiger charge is -2.06. The molecule has 0 amide bonds. The predicted octanol–water partition coefficient (Wildman–Crippen LogP) is 4.54. The van der Waals surface area contributed by atoms with Gasteiger partial charge in [0.25, 0.3) is 0 Å². The Morgan fingerprint density at radius 3 is 2.92 bits per heavy atom. The number of aryl methyl sites for hydroxylation is 1. The van der Waals surface area contributed by atoms with E-state index in [9.17, 15) is 0 Å². The van der Waals surface area contributed by atoms with Crippen molar-refractivity contribution >= 4 is 55.8 Å². The average Bonchev–Trinajstić information content (AvgIpc) is 2.53. The Balaban J connectivity index is 2.85. The third-order valence-electron chi connectivity index (χ3n) is 2.12. The Hall–Kier alpha value is 0.260. The van der Waals surface area contributed by atoms with Crippen LogP contribution in [-0.2, 0) is 0 Å². The van der Waals surface area contributed by atoms with E-state index in [0.29, 0.717) is 0 Å². The SMILES string of the molecule is CSc1c(I)cc2sccc2c1C. The van der Waals surface area contributed by atoms with Crippen molar-refractivity contribution in [3.05, 3.63) is 26.6 Å².